The van der Waals surface area contributed by atoms with E-state index in [-0.39, 0.29) is 6.10 Å². The third-order valence-electron chi connectivity index (χ3n) is 3.28. The predicted octanol–water partition coefficient (Wildman–Crippen LogP) is 1.86. The quantitative estimate of drug-likeness (QED) is 0.895. The van der Waals surface area contributed by atoms with Gasteiger partial charge in [0.25, 0.3) is 0 Å². The van der Waals surface area contributed by atoms with Crippen LogP contribution in [0.5, 0.6) is 0 Å². The molecule has 1 aliphatic rings. The van der Waals surface area contributed by atoms with E-state index in [1.807, 2.05) is 12.1 Å². The molecule has 0 bridgehead atoms. The topological polar surface area (TPSA) is 52.0 Å². The van der Waals surface area contributed by atoms with E-state index in [4.69, 9.17) is 4.74 Å². The normalized spacial score (nSPS) is 23.2. The van der Waals surface area contributed by atoms with E-state index in [1.165, 1.54) is 6.33 Å². The number of nitrogens with one attached hydrogen (secondary N) is 1. The van der Waals surface area contributed by atoms with Gasteiger partial charge >= 0.3 is 0 Å². The molecule has 94 valence electrons. The molecule has 2 unspecified atom stereocenters. The summed E-state index contributed by atoms with van der Waals surface area (Å²) in [7, 11) is 0. The van der Waals surface area contributed by atoms with Gasteiger partial charge in [-0.25, -0.2) is 9.67 Å². The third-order valence-corrected chi connectivity index (χ3v) is 3.28. The van der Waals surface area contributed by atoms with Crippen LogP contribution in [-0.4, -0.2) is 33.5 Å². The molecule has 2 atom stereocenters. The Balaban J connectivity index is 1.71. The molecule has 0 spiro atoms. The summed E-state index contributed by atoms with van der Waals surface area (Å²) in [6.45, 7) is 2.95. The van der Waals surface area contributed by atoms with E-state index < -0.39 is 0 Å². The van der Waals surface area contributed by atoms with Gasteiger partial charge in [0.05, 0.1) is 17.8 Å². The second-order valence-electron chi connectivity index (χ2n) is 4.50. The van der Waals surface area contributed by atoms with Gasteiger partial charge in [0.1, 0.15) is 12.7 Å². The number of anilines is 1. The van der Waals surface area contributed by atoms with Crippen molar-refractivity contribution in [3.63, 3.8) is 0 Å². The van der Waals surface area contributed by atoms with Gasteiger partial charge in [-0.05, 0) is 37.6 Å². The predicted molar refractivity (Wildman–Crippen MR) is 68.8 cm³/mol. The van der Waals surface area contributed by atoms with E-state index in [2.05, 4.69) is 34.5 Å². The highest BCUT2D eigenvalue weighted by molar-refractivity contribution is 5.49. The lowest BCUT2D eigenvalue weighted by Gasteiger charge is -2.17. The molecule has 18 heavy (non-hydrogen) atoms. The molecule has 1 fully saturated rings. The molecule has 1 saturated heterocycles. The van der Waals surface area contributed by atoms with Crippen LogP contribution in [0, 0.1) is 0 Å². The van der Waals surface area contributed by atoms with Crippen molar-refractivity contribution in [2.45, 2.75) is 25.5 Å². The molecule has 5 nitrogen and oxygen atoms in total. The number of hydrogen-bond donors (Lipinski definition) is 1. The molecule has 1 N–H and O–H groups in total. The fourth-order valence-corrected chi connectivity index (χ4v) is 2.19. The maximum absolute atomic E-state index is 5.54. The average molecular weight is 244 g/mol. The van der Waals surface area contributed by atoms with Crippen LogP contribution in [0.3, 0.4) is 0 Å². The molecular formula is C13H16N4O. The third kappa shape index (κ3) is 2.22. The first kappa shape index (κ1) is 11.2. The van der Waals surface area contributed by atoms with E-state index >= 15 is 0 Å². The van der Waals surface area contributed by atoms with Crippen LogP contribution < -0.4 is 5.32 Å². The van der Waals surface area contributed by atoms with Gasteiger partial charge in [-0.3, -0.25) is 0 Å². The molecule has 1 aliphatic heterocycles. The van der Waals surface area contributed by atoms with Crippen molar-refractivity contribution in [3.8, 4) is 5.69 Å². The van der Waals surface area contributed by atoms with Gasteiger partial charge in [-0.15, -0.1) is 0 Å². The van der Waals surface area contributed by atoms with Crippen LogP contribution in [0.15, 0.2) is 36.9 Å². The lowest BCUT2D eigenvalue weighted by molar-refractivity contribution is 0.121. The number of hydrogen-bond acceptors (Lipinski definition) is 4. The summed E-state index contributed by atoms with van der Waals surface area (Å²) in [4.78, 5) is 3.93. The van der Waals surface area contributed by atoms with E-state index in [0.717, 1.165) is 24.4 Å². The highest BCUT2D eigenvalue weighted by atomic mass is 16.5. The first-order valence-corrected chi connectivity index (χ1v) is 6.16. The summed E-state index contributed by atoms with van der Waals surface area (Å²) in [5.74, 6) is 0. The zero-order valence-electron chi connectivity index (χ0n) is 10.3. The van der Waals surface area contributed by atoms with Crippen molar-refractivity contribution >= 4 is 5.69 Å². The zero-order valence-corrected chi connectivity index (χ0v) is 10.3. The zero-order chi connectivity index (χ0) is 12.4. The van der Waals surface area contributed by atoms with E-state index in [0.29, 0.717) is 6.04 Å². The monoisotopic (exact) mass is 244 g/mol. The molecule has 3 rings (SSSR count). The fourth-order valence-electron chi connectivity index (χ4n) is 2.19. The van der Waals surface area contributed by atoms with Gasteiger partial charge in [0, 0.05) is 12.3 Å². The van der Waals surface area contributed by atoms with E-state index in [1.54, 1.807) is 11.0 Å². The van der Waals surface area contributed by atoms with Crippen LogP contribution in [0.4, 0.5) is 5.69 Å². The molecule has 2 aromatic rings. The van der Waals surface area contributed by atoms with Crippen molar-refractivity contribution in [1.82, 2.24) is 14.8 Å². The largest absolute Gasteiger partial charge is 0.380 e. The summed E-state index contributed by atoms with van der Waals surface area (Å²) in [6, 6.07) is 8.57. The molecular weight excluding hydrogens is 228 g/mol. The number of ether oxygens (including phenoxy) is 1. The average Bonchev–Trinajstić information content (AvgIpc) is 3.03. The number of nitrogens with zero attached hydrogens (tertiary/aromatic N) is 3. The Morgan fingerprint density at radius 1 is 1.33 bits per heavy atom. The van der Waals surface area contributed by atoms with Crippen LogP contribution >= 0.6 is 0 Å². The fraction of sp³-hybridized carbons (Fsp3) is 0.385. The molecule has 0 amide bonds. The molecule has 1 aromatic carbocycles. The molecule has 0 saturated carbocycles. The van der Waals surface area contributed by atoms with Crippen molar-refractivity contribution < 1.29 is 4.74 Å². The molecule has 2 heterocycles. The summed E-state index contributed by atoms with van der Waals surface area (Å²) in [5, 5.41) is 7.59. The van der Waals surface area contributed by atoms with Gasteiger partial charge < -0.3 is 10.1 Å². The van der Waals surface area contributed by atoms with Crippen LogP contribution in [-0.2, 0) is 4.74 Å². The second-order valence-corrected chi connectivity index (χ2v) is 4.50. The molecule has 0 aliphatic carbocycles. The molecule has 1 aromatic heterocycles. The minimum atomic E-state index is 0.278. The minimum absolute atomic E-state index is 0.278. The van der Waals surface area contributed by atoms with Gasteiger partial charge in [0.2, 0.25) is 0 Å². The maximum Gasteiger partial charge on any atom is 0.138 e. The highest BCUT2D eigenvalue weighted by Crippen LogP contribution is 2.19. The van der Waals surface area contributed by atoms with Crippen molar-refractivity contribution in [1.29, 1.82) is 0 Å². The summed E-state index contributed by atoms with van der Waals surface area (Å²) >= 11 is 0. The van der Waals surface area contributed by atoms with Gasteiger partial charge in [-0.1, -0.05) is 0 Å². The van der Waals surface area contributed by atoms with Gasteiger partial charge in [0.15, 0.2) is 0 Å². The summed E-state index contributed by atoms with van der Waals surface area (Å²) in [6.07, 6.45) is 4.56. The Morgan fingerprint density at radius 3 is 2.78 bits per heavy atom. The SMILES string of the molecule is CC1OCCC1Nc1ccc(-n2cncn2)cc1. The van der Waals surface area contributed by atoms with Crippen LogP contribution in [0.2, 0.25) is 0 Å². The molecule has 5 heteroatoms. The second kappa shape index (κ2) is 4.78. The minimum Gasteiger partial charge on any atom is -0.380 e. The Labute approximate surface area is 106 Å². The van der Waals surface area contributed by atoms with Crippen LogP contribution in [0.25, 0.3) is 5.69 Å². The van der Waals surface area contributed by atoms with Crippen molar-refractivity contribution in [2.75, 3.05) is 11.9 Å². The smallest absolute Gasteiger partial charge is 0.138 e. The Bertz CT molecular complexity index is 494. The maximum atomic E-state index is 5.54. The lowest BCUT2D eigenvalue weighted by Crippen LogP contribution is -2.26. The summed E-state index contributed by atoms with van der Waals surface area (Å²) in [5.41, 5.74) is 2.12. The number of benzene rings is 1. The lowest BCUT2D eigenvalue weighted by atomic mass is 10.1. The standard InChI is InChI=1S/C13H16N4O/c1-10-13(6-7-18-10)16-11-2-4-12(5-3-11)17-9-14-8-15-17/h2-5,8-10,13,16H,6-7H2,1H3. The van der Waals surface area contributed by atoms with E-state index in [9.17, 15) is 0 Å². The number of aromatic nitrogens is 3. The first-order valence-electron chi connectivity index (χ1n) is 6.16. The number of rotatable bonds is 3. The molecule has 0 radical (unpaired) electrons. The first-order chi connectivity index (χ1) is 8.83. The van der Waals surface area contributed by atoms with Crippen molar-refractivity contribution in [2.24, 2.45) is 0 Å². The van der Waals surface area contributed by atoms with Crippen LogP contribution in [0.1, 0.15) is 13.3 Å². The Morgan fingerprint density at radius 2 is 2.17 bits per heavy atom. The van der Waals surface area contributed by atoms with Crippen molar-refractivity contribution in [3.05, 3.63) is 36.9 Å². The highest BCUT2D eigenvalue weighted by Gasteiger charge is 2.23. The summed E-state index contributed by atoms with van der Waals surface area (Å²) < 4.78 is 7.28. The van der Waals surface area contributed by atoms with Gasteiger partial charge in [-0.2, -0.15) is 5.10 Å². The Hall–Kier alpha value is -1.88. The Kier molecular flexibility index (Phi) is 2.98.